The van der Waals surface area contributed by atoms with E-state index in [1.807, 2.05) is 30.3 Å². The minimum absolute atomic E-state index is 0.182. The lowest BCUT2D eigenvalue weighted by atomic mass is 10.0. The van der Waals surface area contributed by atoms with Gasteiger partial charge in [-0.25, -0.2) is 4.79 Å². The molecule has 1 aromatic rings. The highest BCUT2D eigenvalue weighted by atomic mass is 16.5. The second-order valence-corrected chi connectivity index (χ2v) is 4.12. The van der Waals surface area contributed by atoms with Crippen molar-refractivity contribution >= 4 is 5.97 Å². The summed E-state index contributed by atoms with van der Waals surface area (Å²) in [5.41, 5.74) is 1.00. The van der Waals surface area contributed by atoms with Crippen LogP contribution in [0.1, 0.15) is 11.6 Å². The van der Waals surface area contributed by atoms with Crippen molar-refractivity contribution < 1.29 is 9.53 Å². The van der Waals surface area contributed by atoms with E-state index in [0.29, 0.717) is 0 Å². The zero-order chi connectivity index (χ0) is 12.1. The minimum atomic E-state index is -0.275. The van der Waals surface area contributed by atoms with E-state index in [4.69, 9.17) is 4.74 Å². The average molecular weight is 234 g/mol. The third-order valence-electron chi connectivity index (χ3n) is 3.06. The van der Waals surface area contributed by atoms with Crippen LogP contribution in [-0.4, -0.2) is 44.2 Å². The summed E-state index contributed by atoms with van der Waals surface area (Å²) in [5, 5.41) is 3.28. The Hall–Kier alpha value is -1.39. The number of rotatable bonds is 3. The van der Waals surface area contributed by atoms with Crippen LogP contribution in [0.5, 0.6) is 0 Å². The predicted molar refractivity (Wildman–Crippen MR) is 65.6 cm³/mol. The van der Waals surface area contributed by atoms with E-state index in [9.17, 15) is 4.79 Å². The summed E-state index contributed by atoms with van der Waals surface area (Å²) < 4.78 is 4.92. The molecule has 0 amide bonds. The molecular weight excluding hydrogens is 216 g/mol. The molecule has 1 saturated heterocycles. The number of ether oxygens (including phenoxy) is 1. The molecule has 0 aliphatic carbocycles. The summed E-state index contributed by atoms with van der Waals surface area (Å²) in [6.07, 6.45) is 0. The van der Waals surface area contributed by atoms with Crippen LogP contribution in [0.3, 0.4) is 0 Å². The lowest BCUT2D eigenvalue weighted by molar-refractivity contribution is -0.147. The van der Waals surface area contributed by atoms with Crippen LogP contribution >= 0.6 is 0 Å². The Morgan fingerprint density at radius 2 is 1.94 bits per heavy atom. The highest BCUT2D eigenvalue weighted by Gasteiger charge is 2.29. The van der Waals surface area contributed by atoms with E-state index >= 15 is 0 Å². The number of carbonyl (C=O) groups excluding carboxylic acids is 1. The number of nitrogens with zero attached hydrogens (tertiary/aromatic N) is 1. The first-order chi connectivity index (χ1) is 8.33. The van der Waals surface area contributed by atoms with Gasteiger partial charge in [-0.05, 0) is 5.56 Å². The lowest BCUT2D eigenvalue weighted by Crippen LogP contribution is -2.47. The number of carbonyl (C=O) groups is 1. The second kappa shape index (κ2) is 5.80. The molecule has 1 N–H and O–H groups in total. The van der Waals surface area contributed by atoms with E-state index in [1.165, 1.54) is 7.11 Å². The molecule has 2 rings (SSSR count). The van der Waals surface area contributed by atoms with Crippen LogP contribution in [0, 0.1) is 0 Å². The van der Waals surface area contributed by atoms with Crippen molar-refractivity contribution in [3.63, 3.8) is 0 Å². The number of piperazine rings is 1. The van der Waals surface area contributed by atoms with E-state index < -0.39 is 0 Å². The monoisotopic (exact) mass is 234 g/mol. The maximum Gasteiger partial charge on any atom is 0.327 e. The van der Waals surface area contributed by atoms with Gasteiger partial charge in [0.25, 0.3) is 0 Å². The summed E-state index contributed by atoms with van der Waals surface area (Å²) in [5.74, 6) is -0.182. The molecule has 17 heavy (non-hydrogen) atoms. The van der Waals surface area contributed by atoms with Gasteiger partial charge in [0.15, 0.2) is 0 Å². The van der Waals surface area contributed by atoms with Crippen molar-refractivity contribution in [1.82, 2.24) is 10.2 Å². The van der Waals surface area contributed by atoms with Crippen molar-refractivity contribution in [2.75, 3.05) is 33.3 Å². The topological polar surface area (TPSA) is 41.6 Å². The molecule has 0 unspecified atom stereocenters. The maximum atomic E-state index is 11.9. The van der Waals surface area contributed by atoms with Crippen LogP contribution in [-0.2, 0) is 9.53 Å². The fourth-order valence-corrected chi connectivity index (χ4v) is 2.18. The number of benzene rings is 1. The first-order valence-corrected chi connectivity index (χ1v) is 5.90. The molecule has 1 aromatic carbocycles. The molecule has 1 atom stereocenters. The molecule has 0 aromatic heterocycles. The average Bonchev–Trinajstić information content (AvgIpc) is 2.41. The van der Waals surface area contributed by atoms with Gasteiger partial charge in [0.1, 0.15) is 6.04 Å². The maximum absolute atomic E-state index is 11.9. The third-order valence-corrected chi connectivity index (χ3v) is 3.06. The minimum Gasteiger partial charge on any atom is -0.468 e. The van der Waals surface area contributed by atoms with Crippen LogP contribution in [0.2, 0.25) is 0 Å². The summed E-state index contributed by atoms with van der Waals surface area (Å²) in [4.78, 5) is 14.1. The standard InChI is InChI=1S/C13H18N2O2/c1-17-13(16)12(11-5-3-2-4-6-11)15-9-7-14-8-10-15/h2-6,12,14H,7-10H2,1H3/t12-/m0/s1. The predicted octanol–water partition coefficient (Wildman–Crippen LogP) is 0.806. The van der Waals surface area contributed by atoms with Crippen LogP contribution < -0.4 is 5.32 Å². The van der Waals surface area contributed by atoms with Gasteiger partial charge in [-0.1, -0.05) is 30.3 Å². The Balaban J connectivity index is 2.21. The number of methoxy groups -OCH3 is 1. The van der Waals surface area contributed by atoms with Crippen molar-refractivity contribution in [2.24, 2.45) is 0 Å². The Labute approximate surface area is 102 Å². The molecule has 0 bridgehead atoms. The smallest absolute Gasteiger partial charge is 0.327 e. The van der Waals surface area contributed by atoms with Crippen LogP contribution in [0.4, 0.5) is 0 Å². The van der Waals surface area contributed by atoms with E-state index in [0.717, 1.165) is 31.7 Å². The Morgan fingerprint density at radius 1 is 1.29 bits per heavy atom. The first kappa shape index (κ1) is 12.1. The zero-order valence-electron chi connectivity index (χ0n) is 10.1. The Bertz CT molecular complexity index is 361. The third kappa shape index (κ3) is 2.84. The molecule has 92 valence electrons. The largest absolute Gasteiger partial charge is 0.468 e. The molecule has 1 heterocycles. The molecule has 0 spiro atoms. The number of hydrogen-bond acceptors (Lipinski definition) is 4. The lowest BCUT2D eigenvalue weighted by Gasteiger charge is -2.33. The van der Waals surface area contributed by atoms with Gasteiger partial charge in [-0.2, -0.15) is 0 Å². The first-order valence-electron chi connectivity index (χ1n) is 5.90. The molecule has 0 radical (unpaired) electrons. The normalized spacial score (nSPS) is 18.6. The fraction of sp³-hybridized carbons (Fsp3) is 0.462. The van der Waals surface area contributed by atoms with E-state index in [1.54, 1.807) is 0 Å². The van der Waals surface area contributed by atoms with E-state index in [-0.39, 0.29) is 12.0 Å². The second-order valence-electron chi connectivity index (χ2n) is 4.12. The van der Waals surface area contributed by atoms with Crippen molar-refractivity contribution in [2.45, 2.75) is 6.04 Å². The summed E-state index contributed by atoms with van der Waals surface area (Å²) >= 11 is 0. The van der Waals surface area contributed by atoms with Gasteiger partial charge in [-0.3, -0.25) is 4.90 Å². The van der Waals surface area contributed by atoms with Gasteiger partial charge in [0.2, 0.25) is 0 Å². The highest BCUT2D eigenvalue weighted by Crippen LogP contribution is 2.22. The van der Waals surface area contributed by atoms with Gasteiger partial charge < -0.3 is 10.1 Å². The molecule has 4 nitrogen and oxygen atoms in total. The molecule has 0 saturated carbocycles. The van der Waals surface area contributed by atoms with Gasteiger partial charge >= 0.3 is 5.97 Å². The number of hydrogen-bond donors (Lipinski definition) is 1. The molecule has 1 aliphatic heterocycles. The molecule has 1 aliphatic rings. The zero-order valence-corrected chi connectivity index (χ0v) is 10.1. The van der Waals surface area contributed by atoms with Crippen molar-refractivity contribution in [3.05, 3.63) is 35.9 Å². The summed E-state index contributed by atoms with van der Waals surface area (Å²) in [6.45, 7) is 3.57. The van der Waals surface area contributed by atoms with E-state index in [2.05, 4.69) is 10.2 Å². The molecular formula is C13H18N2O2. The molecule has 4 heteroatoms. The van der Waals surface area contributed by atoms with Crippen molar-refractivity contribution in [3.8, 4) is 0 Å². The summed E-state index contributed by atoms with van der Waals surface area (Å²) in [7, 11) is 1.44. The van der Waals surface area contributed by atoms with Gasteiger partial charge in [0.05, 0.1) is 7.11 Å². The fourth-order valence-electron chi connectivity index (χ4n) is 2.18. The number of esters is 1. The number of nitrogens with one attached hydrogen (secondary N) is 1. The van der Waals surface area contributed by atoms with Crippen LogP contribution in [0.15, 0.2) is 30.3 Å². The van der Waals surface area contributed by atoms with Gasteiger partial charge in [-0.15, -0.1) is 0 Å². The highest BCUT2D eigenvalue weighted by molar-refractivity contribution is 5.77. The molecule has 1 fully saturated rings. The Morgan fingerprint density at radius 3 is 2.53 bits per heavy atom. The van der Waals surface area contributed by atoms with Crippen molar-refractivity contribution in [1.29, 1.82) is 0 Å². The van der Waals surface area contributed by atoms with Crippen LogP contribution in [0.25, 0.3) is 0 Å². The summed E-state index contributed by atoms with van der Waals surface area (Å²) in [6, 6.07) is 9.53. The Kier molecular flexibility index (Phi) is 4.12. The quantitative estimate of drug-likeness (QED) is 0.786. The van der Waals surface area contributed by atoms with Gasteiger partial charge in [0, 0.05) is 26.2 Å². The SMILES string of the molecule is COC(=O)[C@H](c1ccccc1)N1CCNCC1.